The summed E-state index contributed by atoms with van der Waals surface area (Å²) in [5.74, 6) is 0.634. The number of hydrogen-bond acceptors (Lipinski definition) is 5. The van der Waals surface area contributed by atoms with Crippen LogP contribution in [0.25, 0.3) is 0 Å². The molecule has 2 N–H and O–H groups in total. The first-order chi connectivity index (χ1) is 15.1. The molecule has 7 heteroatoms. The number of thiophene rings is 1. The zero-order chi connectivity index (χ0) is 22.1. The van der Waals surface area contributed by atoms with Crippen LogP contribution in [0.1, 0.15) is 24.3 Å². The summed E-state index contributed by atoms with van der Waals surface area (Å²) in [7, 11) is 0. The van der Waals surface area contributed by atoms with E-state index < -0.39 is 0 Å². The van der Waals surface area contributed by atoms with E-state index in [1.165, 1.54) is 11.3 Å². The zero-order valence-corrected chi connectivity index (χ0v) is 18.5. The summed E-state index contributed by atoms with van der Waals surface area (Å²) >= 11 is 1.53. The molecule has 3 aromatic rings. The molecule has 0 bridgehead atoms. The van der Waals surface area contributed by atoms with Crippen molar-refractivity contribution in [2.45, 2.75) is 26.7 Å². The average molecular weight is 439 g/mol. The average Bonchev–Trinajstić information content (AvgIpc) is 3.25. The molecule has 0 aliphatic rings. The van der Waals surface area contributed by atoms with Gasteiger partial charge in [0.1, 0.15) is 11.5 Å². The van der Waals surface area contributed by atoms with E-state index >= 15 is 0 Å². The number of carbonyl (C=O) groups excluding carboxylic acids is 2. The number of nitrogens with one attached hydrogen (secondary N) is 2. The van der Waals surface area contributed by atoms with Gasteiger partial charge in [-0.05, 0) is 30.9 Å². The van der Waals surface area contributed by atoms with Crippen LogP contribution >= 0.6 is 11.3 Å². The van der Waals surface area contributed by atoms with E-state index in [-0.39, 0.29) is 24.7 Å². The SMILES string of the molecule is CCOc1cc(NC(=O)Cc2cccs2)c(OCC)cc1NC(=O)Cc1ccccc1. The molecule has 1 aromatic heterocycles. The largest absolute Gasteiger partial charge is 0.492 e. The Kier molecular flexibility index (Phi) is 8.06. The van der Waals surface area contributed by atoms with Gasteiger partial charge in [0.2, 0.25) is 11.8 Å². The van der Waals surface area contributed by atoms with Gasteiger partial charge in [0.05, 0.1) is 37.4 Å². The summed E-state index contributed by atoms with van der Waals surface area (Å²) in [5, 5.41) is 7.75. The Morgan fingerprint density at radius 3 is 1.90 bits per heavy atom. The number of carbonyl (C=O) groups is 2. The molecule has 0 saturated carbocycles. The van der Waals surface area contributed by atoms with Gasteiger partial charge in [-0.15, -0.1) is 11.3 Å². The molecule has 1 heterocycles. The predicted molar refractivity (Wildman–Crippen MR) is 124 cm³/mol. The number of anilines is 2. The van der Waals surface area contributed by atoms with Gasteiger partial charge in [0.15, 0.2) is 0 Å². The molecule has 2 aromatic carbocycles. The van der Waals surface area contributed by atoms with E-state index in [1.54, 1.807) is 12.1 Å². The monoisotopic (exact) mass is 438 g/mol. The lowest BCUT2D eigenvalue weighted by Crippen LogP contribution is -2.17. The van der Waals surface area contributed by atoms with Gasteiger partial charge in [-0.1, -0.05) is 36.4 Å². The highest BCUT2D eigenvalue weighted by Crippen LogP contribution is 2.37. The Morgan fingerprint density at radius 2 is 1.39 bits per heavy atom. The maximum Gasteiger partial charge on any atom is 0.229 e. The number of ether oxygens (including phenoxy) is 2. The number of amides is 2. The molecule has 0 aliphatic carbocycles. The minimum absolute atomic E-state index is 0.147. The van der Waals surface area contributed by atoms with Crippen LogP contribution in [0.4, 0.5) is 11.4 Å². The van der Waals surface area contributed by atoms with Crippen LogP contribution in [0.3, 0.4) is 0 Å². The molecule has 0 unspecified atom stereocenters. The molecular weight excluding hydrogens is 412 g/mol. The first kappa shape index (κ1) is 22.4. The summed E-state index contributed by atoms with van der Waals surface area (Å²) < 4.78 is 11.5. The highest BCUT2D eigenvalue weighted by molar-refractivity contribution is 7.10. The van der Waals surface area contributed by atoms with Crippen LogP contribution in [0.2, 0.25) is 0 Å². The van der Waals surface area contributed by atoms with Gasteiger partial charge in [-0.3, -0.25) is 9.59 Å². The molecule has 6 nitrogen and oxygen atoms in total. The zero-order valence-electron chi connectivity index (χ0n) is 17.6. The van der Waals surface area contributed by atoms with Crippen molar-refractivity contribution in [3.63, 3.8) is 0 Å². The highest BCUT2D eigenvalue weighted by Gasteiger charge is 2.17. The predicted octanol–water partition coefficient (Wildman–Crippen LogP) is 4.91. The van der Waals surface area contributed by atoms with Gasteiger partial charge in [-0.25, -0.2) is 0 Å². The molecule has 0 atom stereocenters. The molecule has 0 saturated heterocycles. The van der Waals surface area contributed by atoms with Gasteiger partial charge in [0.25, 0.3) is 0 Å². The maximum absolute atomic E-state index is 12.6. The minimum Gasteiger partial charge on any atom is -0.492 e. The lowest BCUT2D eigenvalue weighted by atomic mass is 10.1. The van der Waals surface area contributed by atoms with Crippen LogP contribution in [0.15, 0.2) is 60.0 Å². The van der Waals surface area contributed by atoms with Crippen molar-refractivity contribution in [3.8, 4) is 11.5 Å². The second kappa shape index (κ2) is 11.2. The summed E-state index contributed by atoms with van der Waals surface area (Å²) in [6, 6.07) is 16.7. The fraction of sp³-hybridized carbons (Fsp3) is 0.250. The van der Waals surface area contributed by atoms with Crippen molar-refractivity contribution in [1.82, 2.24) is 0 Å². The van der Waals surface area contributed by atoms with Gasteiger partial charge < -0.3 is 20.1 Å². The Morgan fingerprint density at radius 1 is 0.806 bits per heavy atom. The quantitative estimate of drug-likeness (QED) is 0.472. The van der Waals surface area contributed by atoms with Crippen molar-refractivity contribution in [2.75, 3.05) is 23.8 Å². The normalized spacial score (nSPS) is 10.4. The molecule has 0 spiro atoms. The van der Waals surface area contributed by atoms with E-state index in [0.29, 0.717) is 36.1 Å². The van der Waals surface area contributed by atoms with Crippen LogP contribution in [-0.2, 0) is 22.4 Å². The van der Waals surface area contributed by atoms with Gasteiger partial charge >= 0.3 is 0 Å². The van der Waals surface area contributed by atoms with Crippen LogP contribution in [-0.4, -0.2) is 25.0 Å². The minimum atomic E-state index is -0.163. The number of benzene rings is 2. The number of rotatable bonds is 10. The summed E-state index contributed by atoms with van der Waals surface area (Å²) in [5.41, 5.74) is 1.93. The fourth-order valence-electron chi connectivity index (χ4n) is 3.05. The molecule has 0 fully saturated rings. The van der Waals surface area contributed by atoms with Crippen LogP contribution in [0.5, 0.6) is 11.5 Å². The van der Waals surface area contributed by atoms with Crippen LogP contribution in [0, 0.1) is 0 Å². The van der Waals surface area contributed by atoms with Gasteiger partial charge in [0, 0.05) is 17.0 Å². The van der Waals surface area contributed by atoms with Crippen molar-refractivity contribution in [2.24, 2.45) is 0 Å². The van der Waals surface area contributed by atoms with Crippen molar-refractivity contribution in [1.29, 1.82) is 0 Å². The summed E-state index contributed by atoms with van der Waals surface area (Å²) in [6.07, 6.45) is 0.526. The van der Waals surface area contributed by atoms with Crippen molar-refractivity contribution >= 4 is 34.5 Å². The highest BCUT2D eigenvalue weighted by atomic mass is 32.1. The van der Waals surface area contributed by atoms with E-state index in [4.69, 9.17) is 9.47 Å². The lowest BCUT2D eigenvalue weighted by molar-refractivity contribution is -0.116. The summed E-state index contributed by atoms with van der Waals surface area (Å²) in [6.45, 7) is 4.56. The molecule has 0 radical (unpaired) electrons. The molecule has 2 amide bonds. The second-order valence-electron chi connectivity index (χ2n) is 6.73. The standard InChI is InChI=1S/C24H26N2O4S/c1-3-29-21-16-20(26-24(28)14-18-11-8-12-31-18)22(30-4-2)15-19(21)25-23(27)13-17-9-6-5-7-10-17/h5-12,15-16H,3-4,13-14H2,1-2H3,(H,25,27)(H,26,28). The Labute approximate surface area is 186 Å². The first-order valence-corrected chi connectivity index (χ1v) is 11.1. The van der Waals surface area contributed by atoms with Gasteiger partial charge in [-0.2, -0.15) is 0 Å². The molecule has 31 heavy (non-hydrogen) atoms. The number of hydrogen-bond donors (Lipinski definition) is 2. The molecule has 162 valence electrons. The first-order valence-electron chi connectivity index (χ1n) is 10.2. The Balaban J connectivity index is 1.80. The fourth-order valence-corrected chi connectivity index (χ4v) is 3.75. The van der Waals surface area contributed by atoms with Crippen molar-refractivity contribution < 1.29 is 19.1 Å². The second-order valence-corrected chi connectivity index (χ2v) is 7.76. The smallest absolute Gasteiger partial charge is 0.229 e. The Bertz CT molecular complexity index is 1000. The van der Waals surface area contributed by atoms with E-state index in [0.717, 1.165) is 10.4 Å². The third-order valence-corrected chi connectivity index (χ3v) is 5.23. The summed E-state index contributed by atoms with van der Waals surface area (Å²) in [4.78, 5) is 26.0. The van der Waals surface area contributed by atoms with E-state index in [1.807, 2.05) is 61.7 Å². The topological polar surface area (TPSA) is 76.7 Å². The third-order valence-electron chi connectivity index (χ3n) is 4.35. The lowest BCUT2D eigenvalue weighted by Gasteiger charge is -2.18. The van der Waals surface area contributed by atoms with E-state index in [9.17, 15) is 9.59 Å². The Hall–Kier alpha value is -3.32. The third kappa shape index (κ3) is 6.58. The molecule has 3 rings (SSSR count). The molecule has 0 aliphatic heterocycles. The maximum atomic E-state index is 12.6. The van der Waals surface area contributed by atoms with Crippen LogP contribution < -0.4 is 20.1 Å². The van der Waals surface area contributed by atoms with Crippen molar-refractivity contribution in [3.05, 3.63) is 70.4 Å². The van der Waals surface area contributed by atoms with E-state index in [2.05, 4.69) is 10.6 Å². The molecular formula is C24H26N2O4S.